The van der Waals surface area contributed by atoms with Crippen molar-refractivity contribution in [1.29, 1.82) is 0 Å². The van der Waals surface area contributed by atoms with E-state index in [1.54, 1.807) is 6.07 Å². The van der Waals surface area contributed by atoms with Crippen LogP contribution < -0.4 is 5.32 Å². The van der Waals surface area contributed by atoms with E-state index < -0.39 is 0 Å². The van der Waals surface area contributed by atoms with E-state index in [0.717, 1.165) is 6.54 Å². The Morgan fingerprint density at radius 1 is 1.06 bits per heavy atom. The van der Waals surface area contributed by atoms with Gasteiger partial charge in [0.2, 0.25) is 0 Å². The van der Waals surface area contributed by atoms with Gasteiger partial charge in [0.15, 0.2) is 0 Å². The Morgan fingerprint density at radius 2 is 1.61 bits per heavy atom. The molecule has 1 N–H and O–H groups in total. The zero-order valence-electron chi connectivity index (χ0n) is 11.1. The molecular formula is C13H19Cl3N2. The van der Waals surface area contributed by atoms with Gasteiger partial charge in [-0.2, -0.15) is 0 Å². The summed E-state index contributed by atoms with van der Waals surface area (Å²) in [4.78, 5) is 4.15. The fourth-order valence-corrected chi connectivity index (χ4v) is 2.59. The summed E-state index contributed by atoms with van der Waals surface area (Å²) in [7, 11) is 0. The van der Waals surface area contributed by atoms with Gasteiger partial charge in [-0.25, -0.2) is 4.98 Å². The highest BCUT2D eigenvalue weighted by Crippen LogP contribution is 2.29. The van der Waals surface area contributed by atoms with Gasteiger partial charge in [0.25, 0.3) is 0 Å². The van der Waals surface area contributed by atoms with E-state index in [1.165, 1.54) is 0 Å². The molecule has 0 aromatic carbocycles. The third-order valence-corrected chi connectivity index (χ3v) is 4.07. The molecule has 0 radical (unpaired) electrons. The molecule has 1 rings (SSSR count). The molecule has 1 aromatic heterocycles. The second-order valence-corrected chi connectivity index (χ2v) is 6.30. The molecule has 0 unspecified atom stereocenters. The van der Waals surface area contributed by atoms with Crippen molar-refractivity contribution in [2.24, 2.45) is 17.8 Å². The molecule has 1 aromatic rings. The number of hydrogen-bond acceptors (Lipinski definition) is 2. The number of nitrogens with one attached hydrogen (secondary N) is 1. The summed E-state index contributed by atoms with van der Waals surface area (Å²) in [6.45, 7) is 9.69. The first kappa shape index (κ1) is 15.9. The number of anilines is 1. The van der Waals surface area contributed by atoms with Crippen molar-refractivity contribution in [2.45, 2.75) is 27.7 Å². The maximum atomic E-state index is 6.08. The molecule has 0 aliphatic heterocycles. The van der Waals surface area contributed by atoms with Crippen LogP contribution in [0.5, 0.6) is 0 Å². The Labute approximate surface area is 124 Å². The van der Waals surface area contributed by atoms with E-state index in [0.29, 0.717) is 33.6 Å². The highest BCUT2D eigenvalue weighted by atomic mass is 35.5. The minimum Gasteiger partial charge on any atom is -0.368 e. The van der Waals surface area contributed by atoms with E-state index in [1.807, 2.05) is 0 Å². The van der Waals surface area contributed by atoms with Crippen molar-refractivity contribution in [1.82, 2.24) is 4.98 Å². The summed E-state index contributed by atoms with van der Waals surface area (Å²) in [6, 6.07) is 1.61. The number of halogens is 3. The first-order valence-corrected chi connectivity index (χ1v) is 7.21. The van der Waals surface area contributed by atoms with Gasteiger partial charge in [-0.3, -0.25) is 0 Å². The maximum absolute atomic E-state index is 6.08. The topological polar surface area (TPSA) is 24.9 Å². The van der Waals surface area contributed by atoms with Gasteiger partial charge < -0.3 is 5.32 Å². The normalized spacial score (nSPS) is 11.7. The lowest BCUT2D eigenvalue weighted by molar-refractivity contribution is 0.304. The fraction of sp³-hybridized carbons (Fsp3) is 0.615. The van der Waals surface area contributed by atoms with Gasteiger partial charge in [-0.15, -0.1) is 0 Å². The van der Waals surface area contributed by atoms with Crippen LogP contribution in [-0.4, -0.2) is 11.5 Å². The van der Waals surface area contributed by atoms with Crippen LogP contribution in [0.3, 0.4) is 0 Å². The van der Waals surface area contributed by atoms with Crippen molar-refractivity contribution < 1.29 is 0 Å². The summed E-state index contributed by atoms with van der Waals surface area (Å²) in [5, 5.41) is 4.40. The third kappa shape index (κ3) is 4.18. The zero-order chi connectivity index (χ0) is 13.9. The van der Waals surface area contributed by atoms with Crippen LogP contribution in [0.2, 0.25) is 15.2 Å². The summed E-state index contributed by atoms with van der Waals surface area (Å²) in [5.41, 5.74) is 0. The fourth-order valence-electron chi connectivity index (χ4n) is 2.02. The SMILES string of the molecule is CC(C)C(CNc1nc(Cl)c(Cl)cc1Cl)C(C)C. The summed E-state index contributed by atoms with van der Waals surface area (Å²) in [5.74, 6) is 2.34. The van der Waals surface area contributed by atoms with Gasteiger partial charge in [-0.05, 0) is 23.8 Å². The number of aromatic nitrogens is 1. The van der Waals surface area contributed by atoms with Crippen LogP contribution in [0.15, 0.2) is 6.07 Å². The first-order valence-electron chi connectivity index (χ1n) is 6.08. The molecule has 0 spiro atoms. The van der Waals surface area contributed by atoms with Gasteiger partial charge in [0, 0.05) is 6.54 Å². The van der Waals surface area contributed by atoms with Crippen LogP contribution >= 0.6 is 34.8 Å². The predicted molar refractivity (Wildman–Crippen MR) is 80.9 cm³/mol. The van der Waals surface area contributed by atoms with E-state index in [2.05, 4.69) is 38.0 Å². The molecule has 0 saturated carbocycles. The van der Waals surface area contributed by atoms with Crippen LogP contribution in [0, 0.1) is 17.8 Å². The van der Waals surface area contributed by atoms with E-state index in [-0.39, 0.29) is 5.15 Å². The second kappa shape index (κ2) is 6.83. The van der Waals surface area contributed by atoms with Crippen LogP contribution in [0.4, 0.5) is 5.82 Å². The van der Waals surface area contributed by atoms with Crippen LogP contribution in [0.25, 0.3) is 0 Å². The van der Waals surface area contributed by atoms with Crippen molar-refractivity contribution in [2.75, 3.05) is 11.9 Å². The molecule has 18 heavy (non-hydrogen) atoms. The smallest absolute Gasteiger partial charge is 0.150 e. The molecule has 0 aliphatic carbocycles. The van der Waals surface area contributed by atoms with Gasteiger partial charge >= 0.3 is 0 Å². The Balaban J connectivity index is 2.76. The van der Waals surface area contributed by atoms with Gasteiger partial charge in [0.05, 0.1) is 10.0 Å². The molecule has 0 aliphatic rings. The minimum atomic E-state index is 0.272. The largest absolute Gasteiger partial charge is 0.368 e. The highest BCUT2D eigenvalue weighted by molar-refractivity contribution is 6.42. The van der Waals surface area contributed by atoms with E-state index in [4.69, 9.17) is 34.8 Å². The number of hydrogen-bond donors (Lipinski definition) is 1. The van der Waals surface area contributed by atoms with Gasteiger partial charge in [-0.1, -0.05) is 62.5 Å². The molecule has 2 nitrogen and oxygen atoms in total. The molecule has 102 valence electrons. The summed E-state index contributed by atoms with van der Waals surface area (Å²) in [6.07, 6.45) is 0. The average molecular weight is 310 g/mol. The molecule has 0 fully saturated rings. The Kier molecular flexibility index (Phi) is 6.03. The standard InChI is InChI=1S/C13H19Cl3N2/c1-7(2)9(8(3)4)6-17-13-11(15)5-10(14)12(16)18-13/h5,7-9H,6H2,1-4H3,(H,17,18). The lowest BCUT2D eigenvalue weighted by Crippen LogP contribution is -2.25. The Hall–Kier alpha value is -0.180. The number of rotatable bonds is 5. The first-order chi connectivity index (χ1) is 8.32. The molecule has 0 saturated heterocycles. The molecule has 5 heteroatoms. The van der Waals surface area contributed by atoms with Gasteiger partial charge in [0.1, 0.15) is 11.0 Å². The lowest BCUT2D eigenvalue weighted by atomic mass is 9.85. The van der Waals surface area contributed by atoms with Crippen molar-refractivity contribution >= 4 is 40.6 Å². The highest BCUT2D eigenvalue weighted by Gasteiger charge is 2.18. The van der Waals surface area contributed by atoms with Crippen LogP contribution in [0.1, 0.15) is 27.7 Å². The summed E-state index contributed by atoms with van der Waals surface area (Å²) >= 11 is 17.8. The Bertz CT molecular complexity index is 397. The number of pyridine rings is 1. The zero-order valence-corrected chi connectivity index (χ0v) is 13.4. The quantitative estimate of drug-likeness (QED) is 0.738. The molecule has 0 atom stereocenters. The van der Waals surface area contributed by atoms with Crippen molar-refractivity contribution in [3.8, 4) is 0 Å². The molecular weight excluding hydrogens is 291 g/mol. The molecule has 0 bridgehead atoms. The van der Waals surface area contributed by atoms with E-state index >= 15 is 0 Å². The van der Waals surface area contributed by atoms with Crippen molar-refractivity contribution in [3.05, 3.63) is 21.3 Å². The van der Waals surface area contributed by atoms with Crippen molar-refractivity contribution in [3.63, 3.8) is 0 Å². The Morgan fingerprint density at radius 3 is 2.11 bits per heavy atom. The lowest BCUT2D eigenvalue weighted by Gasteiger charge is -2.25. The van der Waals surface area contributed by atoms with E-state index in [9.17, 15) is 0 Å². The minimum absolute atomic E-state index is 0.272. The summed E-state index contributed by atoms with van der Waals surface area (Å²) < 4.78 is 0. The maximum Gasteiger partial charge on any atom is 0.150 e. The third-order valence-electron chi connectivity index (χ3n) is 3.10. The molecule has 0 amide bonds. The second-order valence-electron chi connectivity index (χ2n) is 5.12. The number of nitrogens with zero attached hydrogens (tertiary/aromatic N) is 1. The monoisotopic (exact) mass is 308 g/mol. The predicted octanol–water partition coefficient (Wildman–Crippen LogP) is 5.38. The molecule has 1 heterocycles. The van der Waals surface area contributed by atoms with Crippen LogP contribution in [-0.2, 0) is 0 Å². The average Bonchev–Trinajstić information content (AvgIpc) is 2.24.